The lowest BCUT2D eigenvalue weighted by molar-refractivity contribution is -0.385. The van der Waals surface area contributed by atoms with E-state index in [1.54, 1.807) is 11.4 Å². The molecule has 2 aromatic carbocycles. The summed E-state index contributed by atoms with van der Waals surface area (Å²) in [7, 11) is 1.32. The summed E-state index contributed by atoms with van der Waals surface area (Å²) in [5.74, 6) is -0.617. The van der Waals surface area contributed by atoms with Gasteiger partial charge in [0.15, 0.2) is 5.75 Å². The van der Waals surface area contributed by atoms with Crippen LogP contribution in [0, 0.1) is 10.1 Å². The number of nitro groups is 1. The summed E-state index contributed by atoms with van der Waals surface area (Å²) in [6.45, 7) is -0.0559. The highest BCUT2D eigenvalue weighted by Gasteiger charge is 2.19. The largest absolute Gasteiger partial charge is 0.490 e. The van der Waals surface area contributed by atoms with E-state index in [1.807, 2.05) is 18.2 Å². The van der Waals surface area contributed by atoms with Crippen LogP contribution in [0.4, 0.5) is 5.69 Å². The molecule has 0 aliphatic rings. The third-order valence-corrected chi connectivity index (χ3v) is 4.87. The van der Waals surface area contributed by atoms with E-state index in [0.717, 1.165) is 11.6 Å². The second kappa shape index (κ2) is 8.15. The smallest absolute Gasteiger partial charge is 0.338 e. The zero-order valence-electron chi connectivity index (χ0n) is 14.0. The molecule has 138 valence electrons. The quantitative estimate of drug-likeness (QED) is 0.335. The molecule has 3 aromatic rings. The van der Waals surface area contributed by atoms with Crippen LogP contribution >= 0.6 is 22.9 Å². The van der Waals surface area contributed by atoms with Gasteiger partial charge in [0.25, 0.3) is 0 Å². The van der Waals surface area contributed by atoms with Crippen molar-refractivity contribution in [2.45, 2.75) is 6.61 Å². The molecule has 1 heterocycles. The number of methoxy groups -OCH3 is 1. The van der Waals surface area contributed by atoms with Crippen LogP contribution in [0.5, 0.6) is 5.75 Å². The predicted molar refractivity (Wildman–Crippen MR) is 101 cm³/mol. The van der Waals surface area contributed by atoms with Gasteiger partial charge >= 0.3 is 11.7 Å². The first-order chi connectivity index (χ1) is 13.0. The highest BCUT2D eigenvalue weighted by Crippen LogP contribution is 2.31. The van der Waals surface area contributed by atoms with Crippen molar-refractivity contribution in [3.63, 3.8) is 0 Å². The molecule has 1 aromatic heterocycles. The highest BCUT2D eigenvalue weighted by atomic mass is 35.5. The van der Waals surface area contributed by atoms with Crippen LogP contribution in [0.1, 0.15) is 16.1 Å². The Bertz CT molecular complexity index is 1000. The number of esters is 1. The van der Waals surface area contributed by atoms with Crippen molar-refractivity contribution in [3.05, 3.63) is 74.2 Å². The van der Waals surface area contributed by atoms with Crippen LogP contribution in [-0.4, -0.2) is 23.0 Å². The minimum atomic E-state index is -0.687. The number of halogens is 1. The molecule has 0 atom stereocenters. The second-order valence-electron chi connectivity index (χ2n) is 5.34. The molecule has 0 spiro atoms. The fraction of sp³-hybridized carbons (Fsp3) is 0.111. The zero-order chi connectivity index (χ0) is 19.4. The van der Waals surface area contributed by atoms with Gasteiger partial charge in [0.05, 0.1) is 28.3 Å². The van der Waals surface area contributed by atoms with Gasteiger partial charge < -0.3 is 9.47 Å². The first-order valence-corrected chi connectivity index (χ1v) is 8.94. The van der Waals surface area contributed by atoms with Crippen molar-refractivity contribution in [2.75, 3.05) is 7.11 Å². The number of rotatable bonds is 6. The number of nitro benzene ring substituents is 1. The molecular weight excluding hydrogens is 392 g/mol. The van der Waals surface area contributed by atoms with Crippen molar-refractivity contribution in [1.82, 2.24) is 4.98 Å². The molecule has 0 radical (unpaired) electrons. The van der Waals surface area contributed by atoms with Gasteiger partial charge in [0.1, 0.15) is 11.6 Å². The van der Waals surface area contributed by atoms with Crippen LogP contribution in [0.15, 0.2) is 47.8 Å². The summed E-state index contributed by atoms with van der Waals surface area (Å²) in [6, 6.07) is 11.2. The van der Waals surface area contributed by atoms with Gasteiger partial charge in [-0.2, -0.15) is 0 Å². The van der Waals surface area contributed by atoms with Gasteiger partial charge in [-0.3, -0.25) is 10.1 Å². The van der Waals surface area contributed by atoms with Gasteiger partial charge in [-0.05, 0) is 18.2 Å². The average Bonchev–Trinajstić information content (AvgIpc) is 3.14. The fourth-order valence-electron chi connectivity index (χ4n) is 2.31. The zero-order valence-corrected chi connectivity index (χ0v) is 15.6. The molecule has 0 N–H and O–H groups in total. The Kier molecular flexibility index (Phi) is 5.68. The average molecular weight is 405 g/mol. The summed E-state index contributed by atoms with van der Waals surface area (Å²) in [6.07, 6.45) is 0. The van der Waals surface area contributed by atoms with Crippen LogP contribution in [0.2, 0.25) is 5.02 Å². The standard InChI is InChI=1S/C18H13ClN2O5S/c1-25-16-7-6-11(8-15(16)21(23)24)18(22)26-9-12-10-27-17(20-12)13-4-2-3-5-14(13)19/h2-8,10H,9H2,1H3. The van der Waals surface area contributed by atoms with E-state index in [4.69, 9.17) is 21.1 Å². The van der Waals surface area contributed by atoms with E-state index in [-0.39, 0.29) is 23.6 Å². The number of carbonyl (C=O) groups is 1. The lowest BCUT2D eigenvalue weighted by atomic mass is 10.2. The van der Waals surface area contributed by atoms with Crippen molar-refractivity contribution in [2.24, 2.45) is 0 Å². The summed E-state index contributed by atoms with van der Waals surface area (Å²) in [5.41, 5.74) is 1.12. The number of thiazole rings is 1. The lowest BCUT2D eigenvalue weighted by Crippen LogP contribution is -2.06. The third-order valence-electron chi connectivity index (χ3n) is 3.62. The molecule has 27 heavy (non-hydrogen) atoms. The number of ether oxygens (including phenoxy) is 2. The molecule has 0 unspecified atom stereocenters. The van der Waals surface area contributed by atoms with Gasteiger partial charge in [-0.15, -0.1) is 11.3 Å². The number of hydrogen-bond acceptors (Lipinski definition) is 7. The SMILES string of the molecule is COc1ccc(C(=O)OCc2csc(-c3ccccc3Cl)n2)cc1[N+](=O)[O-]. The third kappa shape index (κ3) is 4.24. The van der Waals surface area contributed by atoms with Crippen molar-refractivity contribution < 1.29 is 19.2 Å². The molecule has 0 aliphatic heterocycles. The maximum absolute atomic E-state index is 12.2. The summed E-state index contributed by atoms with van der Waals surface area (Å²) >= 11 is 7.54. The van der Waals surface area contributed by atoms with Crippen molar-refractivity contribution >= 4 is 34.6 Å². The molecule has 0 aliphatic carbocycles. The number of benzene rings is 2. The summed E-state index contributed by atoms with van der Waals surface area (Å²) in [5, 5.41) is 14.1. The molecule has 7 nitrogen and oxygen atoms in total. The van der Waals surface area contributed by atoms with E-state index in [1.165, 1.54) is 30.6 Å². The highest BCUT2D eigenvalue weighted by molar-refractivity contribution is 7.13. The van der Waals surface area contributed by atoms with E-state index >= 15 is 0 Å². The molecule has 3 rings (SSSR count). The maximum atomic E-state index is 12.2. The van der Waals surface area contributed by atoms with Gasteiger partial charge in [0, 0.05) is 17.0 Å². The Morgan fingerprint density at radius 1 is 1.30 bits per heavy atom. The van der Waals surface area contributed by atoms with Gasteiger partial charge in [-0.25, -0.2) is 9.78 Å². The normalized spacial score (nSPS) is 10.4. The van der Waals surface area contributed by atoms with Crippen LogP contribution in [0.3, 0.4) is 0 Å². The Labute approximate surface area is 163 Å². The molecule has 0 fully saturated rings. The van der Waals surface area contributed by atoms with Crippen LogP contribution < -0.4 is 4.74 Å². The fourth-order valence-corrected chi connectivity index (χ4v) is 3.44. The second-order valence-corrected chi connectivity index (χ2v) is 6.61. The summed E-state index contributed by atoms with van der Waals surface area (Å²) in [4.78, 5) is 27.0. The molecule has 0 bridgehead atoms. The number of nitrogens with zero attached hydrogens (tertiary/aromatic N) is 2. The maximum Gasteiger partial charge on any atom is 0.338 e. The molecule has 9 heteroatoms. The molecule has 0 saturated heterocycles. The number of aromatic nitrogens is 1. The van der Waals surface area contributed by atoms with Crippen LogP contribution in [-0.2, 0) is 11.3 Å². The lowest BCUT2D eigenvalue weighted by Gasteiger charge is -2.05. The Morgan fingerprint density at radius 3 is 2.78 bits per heavy atom. The van der Waals surface area contributed by atoms with Gasteiger partial charge in [-0.1, -0.05) is 29.8 Å². The minimum Gasteiger partial charge on any atom is -0.490 e. The Morgan fingerprint density at radius 2 is 2.07 bits per heavy atom. The van der Waals surface area contributed by atoms with Crippen LogP contribution in [0.25, 0.3) is 10.6 Å². The minimum absolute atomic E-state index is 0.0559. The first kappa shape index (κ1) is 18.8. The first-order valence-electron chi connectivity index (χ1n) is 7.68. The predicted octanol–water partition coefficient (Wildman–Crippen LogP) is 4.74. The number of carbonyl (C=O) groups excluding carboxylic acids is 1. The van der Waals surface area contributed by atoms with Crippen molar-refractivity contribution in [1.29, 1.82) is 0 Å². The molecule has 0 amide bonds. The van der Waals surface area contributed by atoms with E-state index in [2.05, 4.69) is 4.98 Å². The van der Waals surface area contributed by atoms with E-state index in [0.29, 0.717) is 15.7 Å². The topological polar surface area (TPSA) is 91.6 Å². The Hall–Kier alpha value is -2.97. The van der Waals surface area contributed by atoms with E-state index in [9.17, 15) is 14.9 Å². The molecule has 0 saturated carbocycles. The van der Waals surface area contributed by atoms with E-state index < -0.39 is 10.9 Å². The Balaban J connectivity index is 1.71. The van der Waals surface area contributed by atoms with Gasteiger partial charge in [0.2, 0.25) is 0 Å². The summed E-state index contributed by atoms with van der Waals surface area (Å²) < 4.78 is 10.1. The van der Waals surface area contributed by atoms with Crippen molar-refractivity contribution in [3.8, 4) is 16.3 Å². The molecular formula is C18H13ClN2O5S. The number of hydrogen-bond donors (Lipinski definition) is 0. The monoisotopic (exact) mass is 404 g/mol.